The van der Waals surface area contributed by atoms with E-state index >= 15 is 0 Å². The summed E-state index contributed by atoms with van der Waals surface area (Å²) in [6, 6.07) is 0. The molecular weight excluding hydrogens is 196 g/mol. The second-order valence-corrected chi connectivity index (χ2v) is 6.00. The zero-order valence-electron chi connectivity index (χ0n) is 8.72. The van der Waals surface area contributed by atoms with E-state index in [4.69, 9.17) is 12.2 Å². The van der Waals surface area contributed by atoms with Crippen LogP contribution >= 0.6 is 24.0 Å². The Labute approximate surface area is 91.2 Å². The summed E-state index contributed by atoms with van der Waals surface area (Å²) in [6.45, 7) is 8.78. The standard InChI is InChI=1S/C11H18S2/c1-8-6-5-7-11(2,3)9(8)10(12)13-4/h9H,1,5-7H2,2-4H3/t9-/m0/s1. The molecule has 0 radical (unpaired) electrons. The minimum absolute atomic E-state index is 0.329. The van der Waals surface area contributed by atoms with Crippen LogP contribution in [0.4, 0.5) is 0 Å². The molecule has 13 heavy (non-hydrogen) atoms. The molecular formula is C11H18S2. The summed E-state index contributed by atoms with van der Waals surface area (Å²) in [5.74, 6) is 0.450. The van der Waals surface area contributed by atoms with E-state index < -0.39 is 0 Å². The smallest absolute Gasteiger partial charge is 0.0552 e. The van der Waals surface area contributed by atoms with Crippen molar-refractivity contribution in [1.82, 2.24) is 0 Å². The van der Waals surface area contributed by atoms with E-state index in [1.165, 1.54) is 18.4 Å². The lowest BCUT2D eigenvalue weighted by Crippen LogP contribution is -2.33. The van der Waals surface area contributed by atoms with Crippen LogP contribution in [0.5, 0.6) is 0 Å². The van der Waals surface area contributed by atoms with Crippen LogP contribution in [0.1, 0.15) is 33.1 Å². The maximum atomic E-state index is 5.40. The molecule has 0 unspecified atom stereocenters. The van der Waals surface area contributed by atoms with Crippen molar-refractivity contribution in [3.8, 4) is 0 Å². The Morgan fingerprint density at radius 2 is 2.23 bits per heavy atom. The number of thiocarbonyl (C=S) groups is 1. The summed E-state index contributed by atoms with van der Waals surface area (Å²) in [5, 5.41) is 0. The molecule has 1 saturated carbocycles. The van der Waals surface area contributed by atoms with Gasteiger partial charge < -0.3 is 0 Å². The van der Waals surface area contributed by atoms with E-state index in [1.54, 1.807) is 11.8 Å². The lowest BCUT2D eigenvalue weighted by atomic mass is 9.67. The third-order valence-corrected chi connectivity index (χ3v) is 4.32. The minimum Gasteiger partial charge on any atom is -0.122 e. The predicted octanol–water partition coefficient (Wildman–Crippen LogP) is 4.06. The number of hydrogen-bond donors (Lipinski definition) is 0. The monoisotopic (exact) mass is 214 g/mol. The molecule has 0 aromatic carbocycles. The van der Waals surface area contributed by atoms with Crippen molar-refractivity contribution >= 4 is 28.2 Å². The third kappa shape index (κ3) is 2.35. The fourth-order valence-electron chi connectivity index (χ4n) is 2.22. The van der Waals surface area contributed by atoms with Crippen molar-refractivity contribution in [3.63, 3.8) is 0 Å². The van der Waals surface area contributed by atoms with Gasteiger partial charge in [0.2, 0.25) is 0 Å². The molecule has 0 aromatic rings. The first-order valence-corrected chi connectivity index (χ1v) is 6.38. The molecule has 1 fully saturated rings. The Bertz CT molecular complexity index is 220. The molecule has 0 heterocycles. The molecule has 1 rings (SSSR count). The summed E-state index contributed by atoms with van der Waals surface area (Å²) in [5.41, 5.74) is 1.67. The van der Waals surface area contributed by atoms with Gasteiger partial charge >= 0.3 is 0 Å². The van der Waals surface area contributed by atoms with E-state index in [1.807, 2.05) is 0 Å². The Morgan fingerprint density at radius 1 is 1.62 bits per heavy atom. The fraction of sp³-hybridized carbons (Fsp3) is 0.727. The van der Waals surface area contributed by atoms with E-state index in [2.05, 4.69) is 26.7 Å². The zero-order valence-corrected chi connectivity index (χ0v) is 10.4. The molecule has 0 aliphatic heterocycles. The number of thioether (sulfide) groups is 1. The molecule has 0 aromatic heterocycles. The lowest BCUT2D eigenvalue weighted by molar-refractivity contribution is 0.246. The van der Waals surface area contributed by atoms with Gasteiger partial charge in [0, 0.05) is 5.92 Å². The summed E-state index contributed by atoms with van der Waals surface area (Å²) in [7, 11) is 0. The maximum Gasteiger partial charge on any atom is 0.0552 e. The van der Waals surface area contributed by atoms with Crippen LogP contribution in [0.2, 0.25) is 0 Å². The molecule has 2 heteroatoms. The lowest BCUT2D eigenvalue weighted by Gasteiger charge is -2.40. The Morgan fingerprint density at radius 3 is 2.69 bits per heavy atom. The van der Waals surface area contributed by atoms with E-state index in [0.29, 0.717) is 11.3 Å². The largest absolute Gasteiger partial charge is 0.122 e. The van der Waals surface area contributed by atoms with Gasteiger partial charge in [-0.15, -0.1) is 11.8 Å². The Hall–Kier alpha value is 0.180. The van der Waals surface area contributed by atoms with E-state index in [0.717, 1.165) is 10.6 Å². The van der Waals surface area contributed by atoms with Crippen molar-refractivity contribution in [2.75, 3.05) is 6.26 Å². The van der Waals surface area contributed by atoms with Gasteiger partial charge in [-0.25, -0.2) is 0 Å². The van der Waals surface area contributed by atoms with Gasteiger partial charge in [-0.2, -0.15) is 0 Å². The van der Waals surface area contributed by atoms with Crippen molar-refractivity contribution in [1.29, 1.82) is 0 Å². The van der Waals surface area contributed by atoms with Gasteiger partial charge in [0.1, 0.15) is 0 Å². The van der Waals surface area contributed by atoms with Crippen LogP contribution < -0.4 is 0 Å². The first-order chi connectivity index (χ1) is 5.99. The van der Waals surface area contributed by atoms with Crippen LogP contribution in [-0.2, 0) is 0 Å². The number of rotatable bonds is 1. The first kappa shape index (κ1) is 11.3. The molecule has 0 saturated heterocycles. The normalized spacial score (nSPS) is 27.3. The van der Waals surface area contributed by atoms with Crippen LogP contribution in [0.25, 0.3) is 0 Å². The first-order valence-electron chi connectivity index (χ1n) is 4.74. The molecule has 74 valence electrons. The molecule has 0 N–H and O–H groups in total. The summed E-state index contributed by atoms with van der Waals surface area (Å²) in [6.07, 6.45) is 5.78. The summed E-state index contributed by atoms with van der Waals surface area (Å²) >= 11 is 7.11. The van der Waals surface area contributed by atoms with Crippen molar-refractivity contribution in [3.05, 3.63) is 12.2 Å². The van der Waals surface area contributed by atoms with E-state index in [9.17, 15) is 0 Å². The average Bonchev–Trinajstić information content (AvgIpc) is 2.02. The summed E-state index contributed by atoms with van der Waals surface area (Å²) < 4.78 is 1.12. The van der Waals surface area contributed by atoms with Gasteiger partial charge in [0.25, 0.3) is 0 Å². The highest BCUT2D eigenvalue weighted by molar-refractivity contribution is 8.22. The van der Waals surface area contributed by atoms with Crippen LogP contribution in [-0.4, -0.2) is 10.5 Å². The second kappa shape index (κ2) is 4.14. The molecule has 0 nitrogen and oxygen atoms in total. The molecule has 0 amide bonds. The second-order valence-electron chi connectivity index (χ2n) is 4.46. The van der Waals surface area contributed by atoms with Crippen molar-refractivity contribution in [2.45, 2.75) is 33.1 Å². The number of allylic oxidation sites excluding steroid dienone is 1. The maximum absolute atomic E-state index is 5.40. The topological polar surface area (TPSA) is 0 Å². The minimum atomic E-state index is 0.329. The van der Waals surface area contributed by atoms with Gasteiger partial charge in [-0.3, -0.25) is 0 Å². The highest BCUT2D eigenvalue weighted by Crippen LogP contribution is 2.45. The molecule has 0 spiro atoms. The Balaban J connectivity index is 2.87. The predicted molar refractivity (Wildman–Crippen MR) is 66.4 cm³/mol. The number of hydrogen-bond acceptors (Lipinski definition) is 2. The Kier molecular flexibility index (Phi) is 3.58. The fourth-order valence-corrected chi connectivity index (χ4v) is 3.42. The van der Waals surface area contributed by atoms with Crippen molar-refractivity contribution in [2.24, 2.45) is 11.3 Å². The molecule has 1 aliphatic rings. The zero-order chi connectivity index (χ0) is 10.1. The van der Waals surface area contributed by atoms with Crippen LogP contribution in [0.3, 0.4) is 0 Å². The highest BCUT2D eigenvalue weighted by Gasteiger charge is 2.36. The highest BCUT2D eigenvalue weighted by atomic mass is 32.2. The van der Waals surface area contributed by atoms with Crippen LogP contribution in [0, 0.1) is 11.3 Å². The molecule has 0 bridgehead atoms. The third-order valence-electron chi connectivity index (χ3n) is 2.95. The SMILES string of the molecule is C=C1CCCC(C)(C)[C@@H]1C(=S)SC. The molecule has 1 aliphatic carbocycles. The summed E-state index contributed by atoms with van der Waals surface area (Å²) in [4.78, 5) is 0. The van der Waals surface area contributed by atoms with Crippen LogP contribution in [0.15, 0.2) is 12.2 Å². The van der Waals surface area contributed by atoms with Gasteiger partial charge in [0.05, 0.1) is 4.20 Å². The van der Waals surface area contributed by atoms with Gasteiger partial charge in [0.15, 0.2) is 0 Å². The molecule has 1 atom stereocenters. The quantitative estimate of drug-likeness (QED) is 0.477. The van der Waals surface area contributed by atoms with Gasteiger partial charge in [-0.1, -0.05) is 38.2 Å². The average molecular weight is 214 g/mol. The van der Waals surface area contributed by atoms with Crippen molar-refractivity contribution < 1.29 is 0 Å². The van der Waals surface area contributed by atoms with Gasteiger partial charge in [-0.05, 0) is 30.9 Å². The van der Waals surface area contributed by atoms with E-state index in [-0.39, 0.29) is 0 Å².